The maximum absolute atomic E-state index is 8.90. The number of hydrogen-bond donors (Lipinski definition) is 1. The van der Waals surface area contributed by atoms with Crippen molar-refractivity contribution < 1.29 is 14.6 Å². The lowest BCUT2D eigenvalue weighted by atomic mass is 10.2. The van der Waals surface area contributed by atoms with Crippen LogP contribution in [0.4, 0.5) is 0 Å². The molecule has 2 unspecified atom stereocenters. The number of benzene rings is 1. The van der Waals surface area contributed by atoms with Crippen LogP contribution >= 0.6 is 0 Å². The van der Waals surface area contributed by atoms with Crippen LogP contribution in [0.15, 0.2) is 24.3 Å². The van der Waals surface area contributed by atoms with Gasteiger partial charge in [-0.2, -0.15) is 0 Å². The largest absolute Gasteiger partial charge is 0.491 e. The molecule has 1 aliphatic heterocycles. The normalized spacial score (nSPS) is 24.6. The fraction of sp³-hybridized carbons (Fsp3) is 0.538. The molecule has 1 heterocycles. The van der Waals surface area contributed by atoms with Gasteiger partial charge >= 0.3 is 0 Å². The van der Waals surface area contributed by atoms with E-state index in [0.29, 0.717) is 12.7 Å². The Morgan fingerprint density at radius 3 is 2.62 bits per heavy atom. The summed E-state index contributed by atoms with van der Waals surface area (Å²) in [5, 5.41) is 8.90. The van der Waals surface area contributed by atoms with Gasteiger partial charge in [-0.1, -0.05) is 12.1 Å². The molecule has 1 N–H and O–H groups in total. The smallest absolute Gasteiger partial charge is 0.119 e. The molecule has 0 aromatic heterocycles. The van der Waals surface area contributed by atoms with Gasteiger partial charge in [0.2, 0.25) is 0 Å². The predicted molar refractivity (Wildman–Crippen MR) is 61.4 cm³/mol. The summed E-state index contributed by atoms with van der Waals surface area (Å²) < 4.78 is 11.3. The molecular formula is C13H18O3. The minimum Gasteiger partial charge on any atom is -0.491 e. The molecule has 0 bridgehead atoms. The first-order valence-corrected chi connectivity index (χ1v) is 5.76. The maximum atomic E-state index is 8.90. The van der Waals surface area contributed by atoms with Crippen molar-refractivity contribution in [2.75, 3.05) is 6.61 Å². The van der Waals surface area contributed by atoms with Gasteiger partial charge in [-0.3, -0.25) is 0 Å². The van der Waals surface area contributed by atoms with E-state index in [4.69, 9.17) is 14.6 Å². The standard InChI is InChI=1S/C13H18O3/c1-10-2-5-13(16-10)9-15-12-6-3-11(8-14)4-7-12/h3-4,6-7,10,13-14H,2,5,8-9H2,1H3. The molecule has 1 aromatic carbocycles. The Labute approximate surface area is 96.0 Å². The van der Waals surface area contributed by atoms with E-state index < -0.39 is 0 Å². The van der Waals surface area contributed by atoms with Crippen molar-refractivity contribution in [3.8, 4) is 5.75 Å². The van der Waals surface area contributed by atoms with Crippen LogP contribution in [0.1, 0.15) is 25.3 Å². The molecule has 0 amide bonds. The third-order valence-corrected chi connectivity index (χ3v) is 2.86. The number of hydrogen-bond acceptors (Lipinski definition) is 3. The van der Waals surface area contributed by atoms with E-state index in [9.17, 15) is 0 Å². The topological polar surface area (TPSA) is 38.7 Å². The Morgan fingerprint density at radius 2 is 2.06 bits per heavy atom. The van der Waals surface area contributed by atoms with Gasteiger partial charge in [-0.05, 0) is 37.5 Å². The molecule has 16 heavy (non-hydrogen) atoms. The summed E-state index contributed by atoms with van der Waals surface area (Å²) in [6.07, 6.45) is 2.80. The van der Waals surface area contributed by atoms with Crippen molar-refractivity contribution in [1.82, 2.24) is 0 Å². The SMILES string of the molecule is CC1CCC(COc2ccc(CO)cc2)O1. The summed E-state index contributed by atoms with van der Waals surface area (Å²) in [6, 6.07) is 7.49. The van der Waals surface area contributed by atoms with Crippen LogP contribution in [-0.2, 0) is 11.3 Å². The van der Waals surface area contributed by atoms with Gasteiger partial charge < -0.3 is 14.6 Å². The fourth-order valence-corrected chi connectivity index (χ4v) is 1.89. The first-order valence-electron chi connectivity index (χ1n) is 5.76. The van der Waals surface area contributed by atoms with Gasteiger partial charge in [0.25, 0.3) is 0 Å². The molecule has 2 atom stereocenters. The number of rotatable bonds is 4. The average Bonchev–Trinajstić information content (AvgIpc) is 2.73. The molecule has 1 aliphatic rings. The highest BCUT2D eigenvalue weighted by molar-refractivity contribution is 5.26. The maximum Gasteiger partial charge on any atom is 0.119 e. The second kappa shape index (κ2) is 5.32. The summed E-state index contributed by atoms with van der Waals surface area (Å²) >= 11 is 0. The first kappa shape index (κ1) is 11.4. The van der Waals surface area contributed by atoms with E-state index in [0.717, 1.165) is 24.2 Å². The Balaban J connectivity index is 1.80. The van der Waals surface area contributed by atoms with E-state index in [-0.39, 0.29) is 12.7 Å². The van der Waals surface area contributed by atoms with Crippen LogP contribution in [0.3, 0.4) is 0 Å². The highest BCUT2D eigenvalue weighted by Gasteiger charge is 2.21. The Kier molecular flexibility index (Phi) is 3.80. The third kappa shape index (κ3) is 2.97. The number of aliphatic hydroxyl groups is 1. The first-order chi connectivity index (χ1) is 7.78. The van der Waals surface area contributed by atoms with Gasteiger partial charge in [0.05, 0.1) is 18.8 Å². The van der Waals surface area contributed by atoms with Crippen LogP contribution in [0, 0.1) is 0 Å². The van der Waals surface area contributed by atoms with Crippen molar-refractivity contribution in [3.63, 3.8) is 0 Å². The highest BCUT2D eigenvalue weighted by Crippen LogP contribution is 2.20. The van der Waals surface area contributed by atoms with Gasteiger partial charge in [-0.25, -0.2) is 0 Å². The van der Waals surface area contributed by atoms with Gasteiger partial charge in [0.1, 0.15) is 12.4 Å². The van der Waals surface area contributed by atoms with Crippen molar-refractivity contribution in [2.45, 2.75) is 38.6 Å². The molecule has 0 saturated carbocycles. The third-order valence-electron chi connectivity index (χ3n) is 2.86. The lowest BCUT2D eigenvalue weighted by molar-refractivity contribution is 0.0264. The summed E-state index contributed by atoms with van der Waals surface area (Å²) in [6.45, 7) is 2.78. The fourth-order valence-electron chi connectivity index (χ4n) is 1.89. The van der Waals surface area contributed by atoms with E-state index in [2.05, 4.69) is 6.92 Å². The summed E-state index contributed by atoms with van der Waals surface area (Å²) in [4.78, 5) is 0. The van der Waals surface area contributed by atoms with E-state index in [1.165, 1.54) is 0 Å². The molecule has 88 valence electrons. The molecule has 2 rings (SSSR count). The van der Waals surface area contributed by atoms with Crippen molar-refractivity contribution in [1.29, 1.82) is 0 Å². The lowest BCUT2D eigenvalue weighted by Gasteiger charge is -2.12. The minimum atomic E-state index is 0.0729. The van der Waals surface area contributed by atoms with E-state index in [1.807, 2.05) is 24.3 Å². The summed E-state index contributed by atoms with van der Waals surface area (Å²) in [7, 11) is 0. The number of ether oxygens (including phenoxy) is 2. The van der Waals surface area contributed by atoms with E-state index >= 15 is 0 Å². The summed E-state index contributed by atoms with van der Waals surface area (Å²) in [5.41, 5.74) is 0.901. The molecule has 3 heteroatoms. The van der Waals surface area contributed by atoms with Gasteiger partial charge in [0.15, 0.2) is 0 Å². The van der Waals surface area contributed by atoms with Gasteiger partial charge in [0, 0.05) is 0 Å². The van der Waals surface area contributed by atoms with Crippen molar-refractivity contribution >= 4 is 0 Å². The minimum absolute atomic E-state index is 0.0729. The van der Waals surface area contributed by atoms with Crippen LogP contribution in [-0.4, -0.2) is 23.9 Å². The van der Waals surface area contributed by atoms with Gasteiger partial charge in [-0.15, -0.1) is 0 Å². The van der Waals surface area contributed by atoms with E-state index in [1.54, 1.807) is 0 Å². The molecule has 0 radical (unpaired) electrons. The second-order valence-corrected chi connectivity index (χ2v) is 4.26. The molecule has 1 fully saturated rings. The lowest BCUT2D eigenvalue weighted by Crippen LogP contribution is -2.17. The Morgan fingerprint density at radius 1 is 1.31 bits per heavy atom. The van der Waals surface area contributed by atoms with Crippen molar-refractivity contribution in [2.24, 2.45) is 0 Å². The second-order valence-electron chi connectivity index (χ2n) is 4.26. The molecule has 0 spiro atoms. The zero-order chi connectivity index (χ0) is 11.4. The van der Waals surface area contributed by atoms with Crippen LogP contribution < -0.4 is 4.74 Å². The summed E-state index contributed by atoms with van der Waals surface area (Å²) in [5.74, 6) is 0.834. The van der Waals surface area contributed by atoms with Crippen LogP contribution in [0.2, 0.25) is 0 Å². The molecule has 3 nitrogen and oxygen atoms in total. The zero-order valence-electron chi connectivity index (χ0n) is 9.56. The molecule has 1 saturated heterocycles. The predicted octanol–water partition coefficient (Wildman–Crippen LogP) is 2.13. The van der Waals surface area contributed by atoms with Crippen LogP contribution in [0.25, 0.3) is 0 Å². The van der Waals surface area contributed by atoms with Crippen LogP contribution in [0.5, 0.6) is 5.75 Å². The quantitative estimate of drug-likeness (QED) is 0.848. The Hall–Kier alpha value is -1.06. The van der Waals surface area contributed by atoms with Crippen molar-refractivity contribution in [3.05, 3.63) is 29.8 Å². The number of aliphatic hydroxyl groups excluding tert-OH is 1. The molecular weight excluding hydrogens is 204 g/mol. The average molecular weight is 222 g/mol. The molecule has 1 aromatic rings. The highest BCUT2D eigenvalue weighted by atomic mass is 16.5. The molecule has 0 aliphatic carbocycles. The monoisotopic (exact) mass is 222 g/mol. The Bertz CT molecular complexity index is 320. The zero-order valence-corrected chi connectivity index (χ0v) is 9.56.